The van der Waals surface area contributed by atoms with Gasteiger partial charge in [0.15, 0.2) is 0 Å². The first kappa shape index (κ1) is 13.3. The van der Waals surface area contributed by atoms with Crippen molar-refractivity contribution in [1.29, 1.82) is 0 Å². The summed E-state index contributed by atoms with van der Waals surface area (Å²) in [6, 6.07) is 0. The molecule has 1 heterocycles. The number of unbranched alkanes of at least 4 members (excludes halogenated alkanes) is 1. The maximum atomic E-state index is 5.69. The fourth-order valence-corrected chi connectivity index (χ4v) is 2.83. The van der Waals surface area contributed by atoms with Crippen molar-refractivity contribution >= 4 is 11.6 Å². The van der Waals surface area contributed by atoms with Crippen molar-refractivity contribution in [2.45, 2.75) is 52.4 Å². The Morgan fingerprint density at radius 2 is 1.67 bits per heavy atom. The van der Waals surface area contributed by atoms with Gasteiger partial charge in [0, 0.05) is 5.88 Å². The standard InChI is InChI=1S/C13H26ClN/c1-3-13(4-2)7-11-15(12-8-13)10-6-5-9-14/h3-12H2,1-2H3. The van der Waals surface area contributed by atoms with Gasteiger partial charge >= 0.3 is 0 Å². The Morgan fingerprint density at radius 1 is 1.07 bits per heavy atom. The van der Waals surface area contributed by atoms with Gasteiger partial charge in [-0.1, -0.05) is 26.7 Å². The second kappa shape index (κ2) is 6.75. The molecule has 0 aromatic rings. The molecule has 1 nitrogen and oxygen atoms in total. The molecule has 0 aromatic carbocycles. The molecule has 1 saturated heterocycles. The molecule has 1 fully saturated rings. The second-order valence-electron chi connectivity index (χ2n) is 4.94. The van der Waals surface area contributed by atoms with E-state index < -0.39 is 0 Å². The number of piperidine rings is 1. The van der Waals surface area contributed by atoms with Crippen molar-refractivity contribution in [2.75, 3.05) is 25.5 Å². The average Bonchev–Trinajstić information content (AvgIpc) is 2.31. The van der Waals surface area contributed by atoms with Crippen LogP contribution in [0.15, 0.2) is 0 Å². The van der Waals surface area contributed by atoms with Crippen LogP contribution < -0.4 is 0 Å². The van der Waals surface area contributed by atoms with Gasteiger partial charge in [-0.3, -0.25) is 0 Å². The zero-order chi connectivity index (χ0) is 11.1. The summed E-state index contributed by atoms with van der Waals surface area (Å²) in [5.41, 5.74) is 0.670. The molecule has 0 unspecified atom stereocenters. The van der Waals surface area contributed by atoms with Crippen LogP contribution in [0.25, 0.3) is 0 Å². The summed E-state index contributed by atoms with van der Waals surface area (Å²) < 4.78 is 0. The molecule has 0 aliphatic carbocycles. The highest BCUT2D eigenvalue weighted by molar-refractivity contribution is 6.17. The first-order valence-corrected chi connectivity index (χ1v) is 7.08. The minimum absolute atomic E-state index is 0.670. The fourth-order valence-electron chi connectivity index (χ4n) is 2.64. The van der Waals surface area contributed by atoms with E-state index in [1.165, 1.54) is 58.2 Å². The first-order valence-electron chi connectivity index (χ1n) is 6.54. The van der Waals surface area contributed by atoms with Crippen LogP contribution in [0.2, 0.25) is 0 Å². The number of nitrogens with zero attached hydrogens (tertiary/aromatic N) is 1. The van der Waals surface area contributed by atoms with Gasteiger partial charge < -0.3 is 4.90 Å². The van der Waals surface area contributed by atoms with Crippen LogP contribution in [0.3, 0.4) is 0 Å². The molecule has 2 heteroatoms. The minimum atomic E-state index is 0.670. The van der Waals surface area contributed by atoms with Gasteiger partial charge in [-0.15, -0.1) is 11.6 Å². The molecule has 0 radical (unpaired) electrons. The molecule has 0 saturated carbocycles. The summed E-state index contributed by atoms with van der Waals surface area (Å²) in [6.07, 6.45) is 7.97. The lowest BCUT2D eigenvalue weighted by Gasteiger charge is -2.41. The summed E-state index contributed by atoms with van der Waals surface area (Å²) >= 11 is 5.69. The molecule has 1 aliphatic heterocycles. The molecule has 0 bridgehead atoms. The van der Waals surface area contributed by atoms with E-state index in [1.807, 2.05) is 0 Å². The lowest BCUT2D eigenvalue weighted by atomic mass is 9.74. The third-order valence-electron chi connectivity index (χ3n) is 4.27. The van der Waals surface area contributed by atoms with Gasteiger partial charge in [-0.05, 0) is 50.7 Å². The molecule has 0 atom stereocenters. The number of hydrogen-bond donors (Lipinski definition) is 0. The van der Waals surface area contributed by atoms with Crippen LogP contribution in [0.5, 0.6) is 0 Å². The van der Waals surface area contributed by atoms with Crippen LogP contribution in [-0.4, -0.2) is 30.4 Å². The van der Waals surface area contributed by atoms with Gasteiger partial charge in [0.25, 0.3) is 0 Å². The van der Waals surface area contributed by atoms with Crippen molar-refractivity contribution in [1.82, 2.24) is 4.90 Å². The number of likely N-dealkylation sites (tertiary alicyclic amines) is 1. The number of halogens is 1. The average molecular weight is 232 g/mol. The van der Waals surface area contributed by atoms with Gasteiger partial charge in [-0.2, -0.15) is 0 Å². The highest BCUT2D eigenvalue weighted by atomic mass is 35.5. The summed E-state index contributed by atoms with van der Waals surface area (Å²) in [6.45, 7) is 8.59. The monoisotopic (exact) mass is 231 g/mol. The lowest BCUT2D eigenvalue weighted by molar-refractivity contribution is 0.0947. The maximum absolute atomic E-state index is 5.69. The van der Waals surface area contributed by atoms with Crippen LogP contribution in [0.4, 0.5) is 0 Å². The van der Waals surface area contributed by atoms with E-state index in [4.69, 9.17) is 11.6 Å². The zero-order valence-corrected chi connectivity index (χ0v) is 11.2. The van der Waals surface area contributed by atoms with E-state index in [0.29, 0.717) is 5.41 Å². The number of alkyl halides is 1. The Kier molecular flexibility index (Phi) is 5.99. The van der Waals surface area contributed by atoms with E-state index in [9.17, 15) is 0 Å². The smallest absolute Gasteiger partial charge is 0.0223 e. The third kappa shape index (κ3) is 3.96. The van der Waals surface area contributed by atoms with Crippen LogP contribution in [-0.2, 0) is 0 Å². The van der Waals surface area contributed by atoms with Crippen molar-refractivity contribution in [3.63, 3.8) is 0 Å². The van der Waals surface area contributed by atoms with Crippen molar-refractivity contribution in [2.24, 2.45) is 5.41 Å². The van der Waals surface area contributed by atoms with E-state index >= 15 is 0 Å². The fraction of sp³-hybridized carbons (Fsp3) is 1.00. The predicted octanol–water partition coefficient (Wildman–Crippen LogP) is 3.91. The second-order valence-corrected chi connectivity index (χ2v) is 5.32. The van der Waals surface area contributed by atoms with Crippen LogP contribution in [0, 0.1) is 5.41 Å². The SMILES string of the molecule is CCC1(CC)CCN(CCCCCl)CC1. The topological polar surface area (TPSA) is 3.24 Å². The third-order valence-corrected chi connectivity index (χ3v) is 4.54. The van der Waals surface area contributed by atoms with E-state index in [0.717, 1.165) is 5.88 Å². The Morgan fingerprint density at radius 3 is 2.13 bits per heavy atom. The van der Waals surface area contributed by atoms with E-state index in [-0.39, 0.29) is 0 Å². The number of hydrogen-bond acceptors (Lipinski definition) is 1. The van der Waals surface area contributed by atoms with Crippen molar-refractivity contribution in [3.05, 3.63) is 0 Å². The molecule has 0 spiro atoms. The van der Waals surface area contributed by atoms with Gasteiger partial charge in [0.05, 0.1) is 0 Å². The first-order chi connectivity index (χ1) is 7.26. The highest BCUT2D eigenvalue weighted by Crippen LogP contribution is 2.37. The summed E-state index contributed by atoms with van der Waals surface area (Å²) in [5, 5.41) is 0. The van der Waals surface area contributed by atoms with Crippen LogP contribution in [0.1, 0.15) is 52.4 Å². The Bertz CT molecular complexity index is 156. The van der Waals surface area contributed by atoms with Crippen LogP contribution >= 0.6 is 11.6 Å². The Labute approximate surface area is 100 Å². The van der Waals surface area contributed by atoms with E-state index in [1.54, 1.807) is 0 Å². The molecule has 1 rings (SSSR count). The summed E-state index contributed by atoms with van der Waals surface area (Å²) in [4.78, 5) is 2.62. The van der Waals surface area contributed by atoms with Gasteiger partial charge in [-0.25, -0.2) is 0 Å². The lowest BCUT2D eigenvalue weighted by Crippen LogP contribution is -2.40. The largest absolute Gasteiger partial charge is 0.303 e. The Balaban J connectivity index is 2.22. The Hall–Kier alpha value is 0.250. The molecule has 0 amide bonds. The molecule has 90 valence electrons. The highest BCUT2D eigenvalue weighted by Gasteiger charge is 2.30. The van der Waals surface area contributed by atoms with E-state index in [2.05, 4.69) is 18.7 Å². The molecule has 15 heavy (non-hydrogen) atoms. The minimum Gasteiger partial charge on any atom is -0.303 e. The van der Waals surface area contributed by atoms with Gasteiger partial charge in [0.1, 0.15) is 0 Å². The van der Waals surface area contributed by atoms with Crippen molar-refractivity contribution in [3.8, 4) is 0 Å². The molecule has 0 N–H and O–H groups in total. The summed E-state index contributed by atoms with van der Waals surface area (Å²) in [7, 11) is 0. The maximum Gasteiger partial charge on any atom is 0.0223 e. The predicted molar refractivity (Wildman–Crippen MR) is 68.6 cm³/mol. The summed E-state index contributed by atoms with van der Waals surface area (Å²) in [5.74, 6) is 0.821. The molecule has 1 aliphatic rings. The normalized spacial score (nSPS) is 21.8. The van der Waals surface area contributed by atoms with Crippen molar-refractivity contribution < 1.29 is 0 Å². The molecule has 0 aromatic heterocycles. The zero-order valence-electron chi connectivity index (χ0n) is 10.4. The van der Waals surface area contributed by atoms with Gasteiger partial charge in [0.2, 0.25) is 0 Å². The molecular formula is C13H26ClN. The molecular weight excluding hydrogens is 206 g/mol. The number of rotatable bonds is 6. The quantitative estimate of drug-likeness (QED) is 0.495.